The maximum Gasteiger partial charge on any atom is 0.160 e. The number of nitrogens with zero attached hydrogens (tertiary/aromatic N) is 3. The zero-order valence-corrected chi connectivity index (χ0v) is 9.39. The number of hydrogen-bond donors (Lipinski definition) is 2. The Morgan fingerprint density at radius 3 is 3.19 bits per heavy atom. The Hall–Kier alpha value is -1.40. The fourth-order valence-electron chi connectivity index (χ4n) is 1.80. The molecular formula is C10H17N5O. The topological polar surface area (TPSA) is 76.3 Å². The molecule has 1 aromatic heterocycles. The molecular weight excluding hydrogens is 206 g/mol. The Bertz CT molecular complexity index is 340. The van der Waals surface area contributed by atoms with Crippen LogP contribution in [0.2, 0.25) is 0 Å². The summed E-state index contributed by atoms with van der Waals surface area (Å²) in [4.78, 5) is 10.4. The van der Waals surface area contributed by atoms with E-state index >= 15 is 0 Å². The fraction of sp³-hybridized carbons (Fsp3) is 0.600. The van der Waals surface area contributed by atoms with Gasteiger partial charge in [-0.15, -0.1) is 0 Å². The van der Waals surface area contributed by atoms with Crippen LogP contribution in [0, 0.1) is 0 Å². The number of nitrogens with two attached hydrogens (primary N) is 1. The van der Waals surface area contributed by atoms with Crippen LogP contribution < -0.4 is 16.2 Å². The van der Waals surface area contributed by atoms with Crippen LogP contribution in [0.5, 0.6) is 0 Å². The molecule has 2 heterocycles. The van der Waals surface area contributed by atoms with E-state index in [0.29, 0.717) is 11.9 Å². The maximum absolute atomic E-state index is 5.57. The lowest BCUT2D eigenvalue weighted by molar-refractivity contribution is 0.116. The average Bonchev–Trinajstić information content (AvgIpc) is 2.82. The summed E-state index contributed by atoms with van der Waals surface area (Å²) in [5.41, 5.74) is 2.48. The van der Waals surface area contributed by atoms with Gasteiger partial charge in [0.1, 0.15) is 5.82 Å². The molecule has 88 valence electrons. The summed E-state index contributed by atoms with van der Waals surface area (Å²) >= 11 is 0. The number of hydrogen-bond acceptors (Lipinski definition) is 6. The predicted octanol–water partition coefficient (Wildman–Crippen LogP) is 0.377. The van der Waals surface area contributed by atoms with Gasteiger partial charge in [-0.1, -0.05) is 0 Å². The largest absolute Gasteiger partial charge is 0.376 e. The molecule has 1 unspecified atom stereocenters. The van der Waals surface area contributed by atoms with Crippen LogP contribution in [0.25, 0.3) is 0 Å². The van der Waals surface area contributed by atoms with Gasteiger partial charge in [-0.25, -0.2) is 10.8 Å². The molecule has 1 aliphatic rings. The van der Waals surface area contributed by atoms with Crippen molar-refractivity contribution in [1.82, 2.24) is 9.97 Å². The van der Waals surface area contributed by atoms with E-state index in [2.05, 4.69) is 15.4 Å². The van der Waals surface area contributed by atoms with E-state index in [1.807, 2.05) is 11.9 Å². The Kier molecular flexibility index (Phi) is 3.53. The number of nitrogens with one attached hydrogen (secondary N) is 1. The van der Waals surface area contributed by atoms with Crippen LogP contribution in [0.15, 0.2) is 12.4 Å². The van der Waals surface area contributed by atoms with E-state index in [-0.39, 0.29) is 0 Å². The van der Waals surface area contributed by atoms with Crippen molar-refractivity contribution in [2.75, 3.05) is 30.5 Å². The summed E-state index contributed by atoms with van der Waals surface area (Å²) < 4.78 is 5.57. The molecule has 0 radical (unpaired) electrons. The van der Waals surface area contributed by atoms with Crippen molar-refractivity contribution in [3.05, 3.63) is 12.4 Å². The molecule has 0 saturated carbocycles. The van der Waals surface area contributed by atoms with Gasteiger partial charge in [0, 0.05) is 20.2 Å². The number of ether oxygens (including phenoxy) is 1. The van der Waals surface area contributed by atoms with Crippen molar-refractivity contribution in [2.24, 2.45) is 5.84 Å². The summed E-state index contributed by atoms with van der Waals surface area (Å²) in [6, 6.07) is 0. The van der Waals surface area contributed by atoms with Gasteiger partial charge < -0.3 is 15.1 Å². The Morgan fingerprint density at radius 2 is 2.50 bits per heavy atom. The number of nitrogen functional groups attached to an aromatic ring is 1. The molecule has 1 aromatic rings. The summed E-state index contributed by atoms with van der Waals surface area (Å²) in [6.45, 7) is 1.71. The van der Waals surface area contributed by atoms with Crippen LogP contribution in [0.3, 0.4) is 0 Å². The summed E-state index contributed by atoms with van der Waals surface area (Å²) in [6.07, 6.45) is 5.88. The Labute approximate surface area is 94.8 Å². The summed E-state index contributed by atoms with van der Waals surface area (Å²) in [5, 5.41) is 0. The second-order valence-electron chi connectivity index (χ2n) is 3.92. The van der Waals surface area contributed by atoms with Gasteiger partial charge in [0.05, 0.1) is 18.5 Å². The van der Waals surface area contributed by atoms with Crippen molar-refractivity contribution >= 4 is 11.6 Å². The van der Waals surface area contributed by atoms with Gasteiger partial charge in [-0.2, -0.15) is 0 Å². The quantitative estimate of drug-likeness (QED) is 0.567. The second kappa shape index (κ2) is 5.09. The predicted molar refractivity (Wildman–Crippen MR) is 62.1 cm³/mol. The van der Waals surface area contributed by atoms with E-state index in [9.17, 15) is 0 Å². The molecule has 6 nitrogen and oxygen atoms in total. The molecule has 0 spiro atoms. The normalized spacial score (nSPS) is 19.8. The molecule has 6 heteroatoms. The third kappa shape index (κ3) is 2.59. The minimum atomic E-state index is 0.307. The van der Waals surface area contributed by atoms with Gasteiger partial charge in [-0.3, -0.25) is 4.98 Å². The van der Waals surface area contributed by atoms with E-state index in [0.717, 1.165) is 31.8 Å². The molecule has 0 amide bonds. The first-order valence-corrected chi connectivity index (χ1v) is 5.41. The fourth-order valence-corrected chi connectivity index (χ4v) is 1.80. The number of hydrazine groups is 1. The van der Waals surface area contributed by atoms with E-state index in [4.69, 9.17) is 10.6 Å². The highest BCUT2D eigenvalue weighted by atomic mass is 16.5. The number of rotatable bonds is 4. The highest BCUT2D eigenvalue weighted by Crippen LogP contribution is 2.16. The molecule has 2 rings (SSSR count). The summed E-state index contributed by atoms with van der Waals surface area (Å²) in [7, 11) is 1.98. The molecule has 0 aliphatic carbocycles. The molecule has 1 atom stereocenters. The van der Waals surface area contributed by atoms with Crippen LogP contribution in [-0.2, 0) is 4.74 Å². The highest BCUT2D eigenvalue weighted by molar-refractivity contribution is 5.42. The molecule has 0 bridgehead atoms. The Balaban J connectivity index is 1.98. The van der Waals surface area contributed by atoms with Crippen LogP contribution in [0.4, 0.5) is 11.6 Å². The maximum atomic E-state index is 5.57. The number of anilines is 2. The van der Waals surface area contributed by atoms with Crippen molar-refractivity contribution in [3.8, 4) is 0 Å². The third-order valence-electron chi connectivity index (χ3n) is 2.66. The minimum absolute atomic E-state index is 0.307. The van der Waals surface area contributed by atoms with Crippen LogP contribution in [-0.4, -0.2) is 36.3 Å². The van der Waals surface area contributed by atoms with E-state index < -0.39 is 0 Å². The number of aromatic nitrogens is 2. The first-order valence-electron chi connectivity index (χ1n) is 5.41. The van der Waals surface area contributed by atoms with Gasteiger partial charge in [0.25, 0.3) is 0 Å². The lowest BCUT2D eigenvalue weighted by Gasteiger charge is -2.21. The van der Waals surface area contributed by atoms with Crippen molar-refractivity contribution < 1.29 is 4.74 Å². The van der Waals surface area contributed by atoms with Gasteiger partial charge in [-0.05, 0) is 12.8 Å². The first-order chi connectivity index (χ1) is 7.79. The van der Waals surface area contributed by atoms with Crippen molar-refractivity contribution in [1.29, 1.82) is 0 Å². The molecule has 16 heavy (non-hydrogen) atoms. The van der Waals surface area contributed by atoms with Crippen LogP contribution in [0.1, 0.15) is 12.8 Å². The van der Waals surface area contributed by atoms with Gasteiger partial charge in [0.2, 0.25) is 0 Å². The molecule has 1 aliphatic heterocycles. The second-order valence-corrected chi connectivity index (χ2v) is 3.92. The van der Waals surface area contributed by atoms with Crippen molar-refractivity contribution in [2.45, 2.75) is 18.9 Å². The number of likely N-dealkylation sites (N-methyl/N-ethyl adjacent to an activating group) is 1. The third-order valence-corrected chi connectivity index (χ3v) is 2.66. The first kappa shape index (κ1) is 11.1. The van der Waals surface area contributed by atoms with E-state index in [1.165, 1.54) is 0 Å². The molecule has 1 fully saturated rings. The SMILES string of the molecule is CN(CC1CCCO1)c1cncc(NN)n1. The standard InChI is InChI=1S/C10H17N5O/c1-15(7-8-3-2-4-16-8)10-6-12-5-9(13-10)14-11/h5-6,8H,2-4,7,11H2,1H3,(H,13,14). The Morgan fingerprint density at radius 1 is 1.62 bits per heavy atom. The van der Waals surface area contributed by atoms with Gasteiger partial charge >= 0.3 is 0 Å². The molecule has 1 saturated heterocycles. The van der Waals surface area contributed by atoms with E-state index in [1.54, 1.807) is 12.4 Å². The van der Waals surface area contributed by atoms with Crippen molar-refractivity contribution in [3.63, 3.8) is 0 Å². The zero-order valence-electron chi connectivity index (χ0n) is 9.39. The minimum Gasteiger partial charge on any atom is -0.376 e. The van der Waals surface area contributed by atoms with Gasteiger partial charge in [0.15, 0.2) is 5.82 Å². The average molecular weight is 223 g/mol. The summed E-state index contributed by atoms with van der Waals surface area (Å²) in [5.74, 6) is 6.65. The van der Waals surface area contributed by atoms with Crippen LogP contribution >= 0.6 is 0 Å². The zero-order chi connectivity index (χ0) is 11.4. The highest BCUT2D eigenvalue weighted by Gasteiger charge is 2.18. The monoisotopic (exact) mass is 223 g/mol. The lowest BCUT2D eigenvalue weighted by atomic mass is 10.2. The molecule has 0 aromatic carbocycles. The molecule has 3 N–H and O–H groups in total. The smallest absolute Gasteiger partial charge is 0.160 e. The lowest BCUT2D eigenvalue weighted by Crippen LogP contribution is -2.29.